The third-order valence-electron chi connectivity index (χ3n) is 1.19. The quantitative estimate of drug-likeness (QED) is 0.749. The molecular formula is C6H3F3O3S. The highest BCUT2D eigenvalue weighted by molar-refractivity contribution is 7.14. The summed E-state index contributed by atoms with van der Waals surface area (Å²) < 4.78 is 35.9. The van der Waals surface area contributed by atoms with Crippen LogP contribution in [0.2, 0.25) is 0 Å². The van der Waals surface area contributed by atoms with Gasteiger partial charge >= 0.3 is 12.1 Å². The van der Waals surface area contributed by atoms with Gasteiger partial charge in [0.1, 0.15) is 10.6 Å². The fourth-order valence-electron chi connectivity index (χ4n) is 0.674. The van der Waals surface area contributed by atoms with Crippen LogP contribution in [0.4, 0.5) is 13.2 Å². The highest BCUT2D eigenvalue weighted by atomic mass is 32.1. The number of alkyl halides is 3. The second-order valence-corrected chi connectivity index (χ2v) is 3.18. The van der Waals surface area contributed by atoms with Crippen molar-refractivity contribution in [2.45, 2.75) is 6.18 Å². The zero-order valence-electron chi connectivity index (χ0n) is 5.92. The van der Waals surface area contributed by atoms with Crippen LogP contribution in [0.1, 0.15) is 14.5 Å². The first-order valence-corrected chi connectivity index (χ1v) is 3.77. The molecule has 0 aliphatic rings. The Labute approximate surface area is 74.0 Å². The second-order valence-electron chi connectivity index (χ2n) is 2.13. The topological polar surface area (TPSA) is 57.5 Å². The molecule has 0 amide bonds. The van der Waals surface area contributed by atoms with E-state index in [2.05, 4.69) is 0 Å². The lowest BCUT2D eigenvalue weighted by atomic mass is 10.4. The van der Waals surface area contributed by atoms with E-state index >= 15 is 0 Å². The molecular weight excluding hydrogens is 209 g/mol. The predicted molar refractivity (Wildman–Crippen MR) is 37.9 cm³/mol. The SMILES string of the molecule is O=C(O)c1sc(C(F)(F)F)cc1O. The molecule has 0 radical (unpaired) electrons. The van der Waals surface area contributed by atoms with Gasteiger partial charge in [-0.25, -0.2) is 4.79 Å². The van der Waals surface area contributed by atoms with Gasteiger partial charge in [-0.3, -0.25) is 0 Å². The fourth-order valence-corrected chi connectivity index (χ4v) is 1.43. The Bertz CT molecular complexity index is 341. The summed E-state index contributed by atoms with van der Waals surface area (Å²) in [6, 6.07) is 0.397. The number of rotatable bonds is 1. The Balaban J connectivity index is 3.17. The Kier molecular flexibility index (Phi) is 2.21. The summed E-state index contributed by atoms with van der Waals surface area (Å²) in [6.07, 6.45) is -4.62. The molecule has 7 heteroatoms. The number of hydrogen-bond acceptors (Lipinski definition) is 3. The zero-order chi connectivity index (χ0) is 10.2. The maximum atomic E-state index is 12.0. The molecule has 13 heavy (non-hydrogen) atoms. The van der Waals surface area contributed by atoms with Crippen LogP contribution in [-0.2, 0) is 6.18 Å². The summed E-state index contributed by atoms with van der Waals surface area (Å²) >= 11 is -0.000000000000000444. The van der Waals surface area contributed by atoms with Crippen molar-refractivity contribution in [3.05, 3.63) is 15.8 Å². The minimum Gasteiger partial charge on any atom is -0.506 e. The molecule has 1 rings (SSSR count). The molecule has 1 heterocycles. The van der Waals surface area contributed by atoms with Crippen LogP contribution in [0, 0.1) is 0 Å². The molecule has 0 spiro atoms. The zero-order valence-corrected chi connectivity index (χ0v) is 6.74. The highest BCUT2D eigenvalue weighted by Crippen LogP contribution is 2.39. The van der Waals surface area contributed by atoms with Gasteiger partial charge in [0.2, 0.25) is 0 Å². The molecule has 3 nitrogen and oxygen atoms in total. The minimum atomic E-state index is -4.62. The van der Waals surface area contributed by atoms with Crippen molar-refractivity contribution in [3.63, 3.8) is 0 Å². The van der Waals surface area contributed by atoms with Crippen molar-refractivity contribution in [1.29, 1.82) is 0 Å². The van der Waals surface area contributed by atoms with Crippen molar-refractivity contribution in [3.8, 4) is 5.75 Å². The average Bonchev–Trinajstić information content (AvgIpc) is 2.29. The van der Waals surface area contributed by atoms with E-state index in [-0.39, 0.29) is 11.3 Å². The van der Waals surface area contributed by atoms with Gasteiger partial charge in [-0.15, -0.1) is 11.3 Å². The van der Waals surface area contributed by atoms with Gasteiger partial charge in [-0.2, -0.15) is 13.2 Å². The average molecular weight is 212 g/mol. The molecule has 0 bridgehead atoms. The Morgan fingerprint density at radius 2 is 2.00 bits per heavy atom. The maximum Gasteiger partial charge on any atom is 0.425 e. The number of thiophene rings is 1. The predicted octanol–water partition coefficient (Wildman–Crippen LogP) is 2.17. The van der Waals surface area contributed by atoms with Crippen LogP contribution < -0.4 is 0 Å². The van der Waals surface area contributed by atoms with Crippen LogP contribution in [0.5, 0.6) is 5.75 Å². The van der Waals surface area contributed by atoms with Crippen LogP contribution in [0.25, 0.3) is 0 Å². The van der Waals surface area contributed by atoms with E-state index in [0.29, 0.717) is 6.07 Å². The first-order chi connectivity index (χ1) is 5.82. The van der Waals surface area contributed by atoms with Gasteiger partial charge in [0.15, 0.2) is 4.88 Å². The molecule has 72 valence electrons. The summed E-state index contributed by atoms with van der Waals surface area (Å²) in [6.45, 7) is 0. The standard InChI is InChI=1S/C6H3F3O3S/c7-6(8,9)3-1-2(10)4(13-3)5(11)12/h1,10H,(H,11,12). The second kappa shape index (κ2) is 2.91. The molecule has 1 aromatic rings. The van der Waals surface area contributed by atoms with Crippen molar-refractivity contribution >= 4 is 17.3 Å². The number of carbonyl (C=O) groups is 1. The Morgan fingerprint density at radius 3 is 2.23 bits per heavy atom. The highest BCUT2D eigenvalue weighted by Gasteiger charge is 2.35. The number of halogens is 3. The van der Waals surface area contributed by atoms with Gasteiger partial charge in [-0.1, -0.05) is 0 Å². The van der Waals surface area contributed by atoms with Gasteiger partial charge in [0, 0.05) is 6.07 Å². The van der Waals surface area contributed by atoms with E-state index in [1.165, 1.54) is 0 Å². The molecule has 1 aromatic heterocycles. The van der Waals surface area contributed by atoms with Crippen molar-refractivity contribution in [2.75, 3.05) is 0 Å². The van der Waals surface area contributed by atoms with Crippen LogP contribution in [-0.4, -0.2) is 16.2 Å². The minimum absolute atomic E-state index is 0.000000000000000444. The van der Waals surface area contributed by atoms with Crippen LogP contribution in [0.3, 0.4) is 0 Å². The maximum absolute atomic E-state index is 12.0. The van der Waals surface area contributed by atoms with Crippen LogP contribution >= 0.6 is 11.3 Å². The van der Waals surface area contributed by atoms with Gasteiger partial charge in [0.25, 0.3) is 0 Å². The van der Waals surface area contributed by atoms with E-state index in [4.69, 9.17) is 10.2 Å². The van der Waals surface area contributed by atoms with Crippen molar-refractivity contribution in [1.82, 2.24) is 0 Å². The van der Waals surface area contributed by atoms with Crippen molar-refractivity contribution in [2.24, 2.45) is 0 Å². The number of carboxylic acid groups (broad SMARTS) is 1. The van der Waals surface area contributed by atoms with E-state index in [1.807, 2.05) is 0 Å². The molecule has 0 fully saturated rings. The largest absolute Gasteiger partial charge is 0.506 e. The lowest BCUT2D eigenvalue weighted by molar-refractivity contribution is -0.134. The number of hydrogen-bond donors (Lipinski definition) is 2. The molecule has 0 aromatic carbocycles. The van der Waals surface area contributed by atoms with E-state index in [9.17, 15) is 18.0 Å². The Morgan fingerprint density at radius 1 is 1.46 bits per heavy atom. The number of carboxylic acids is 1. The molecule has 0 saturated carbocycles. The summed E-state index contributed by atoms with van der Waals surface area (Å²) in [5.74, 6) is -2.43. The number of aromatic carboxylic acids is 1. The third-order valence-corrected chi connectivity index (χ3v) is 2.34. The first kappa shape index (κ1) is 9.85. The van der Waals surface area contributed by atoms with Gasteiger partial charge in [0.05, 0.1) is 0 Å². The molecule has 0 saturated heterocycles. The summed E-state index contributed by atoms with van der Waals surface area (Å²) in [5.41, 5.74) is 0. The van der Waals surface area contributed by atoms with Crippen LogP contribution in [0.15, 0.2) is 6.07 Å². The summed E-state index contributed by atoms with van der Waals surface area (Å²) in [7, 11) is 0. The monoisotopic (exact) mass is 212 g/mol. The first-order valence-electron chi connectivity index (χ1n) is 2.95. The molecule has 2 N–H and O–H groups in total. The molecule has 0 unspecified atom stereocenters. The summed E-state index contributed by atoms with van der Waals surface area (Å²) in [4.78, 5) is 8.42. The molecule has 0 aliphatic heterocycles. The molecule has 0 aliphatic carbocycles. The fraction of sp³-hybridized carbons (Fsp3) is 0.167. The number of aromatic hydroxyl groups is 1. The van der Waals surface area contributed by atoms with Gasteiger partial charge < -0.3 is 10.2 Å². The van der Waals surface area contributed by atoms with E-state index < -0.39 is 27.6 Å². The van der Waals surface area contributed by atoms with E-state index in [0.717, 1.165) is 0 Å². The lowest BCUT2D eigenvalue weighted by Crippen LogP contribution is -2.00. The third kappa shape index (κ3) is 1.92. The normalized spacial score (nSPS) is 11.6. The van der Waals surface area contributed by atoms with Crippen molar-refractivity contribution < 1.29 is 28.2 Å². The lowest BCUT2D eigenvalue weighted by Gasteiger charge is -1.99. The smallest absolute Gasteiger partial charge is 0.425 e. The summed E-state index contributed by atoms with van der Waals surface area (Å²) in [5, 5.41) is 17.1. The van der Waals surface area contributed by atoms with Gasteiger partial charge in [-0.05, 0) is 0 Å². The molecule has 0 atom stereocenters. The Hall–Kier alpha value is -1.24. The van der Waals surface area contributed by atoms with E-state index in [1.54, 1.807) is 0 Å².